The van der Waals surface area contributed by atoms with Crippen LogP contribution in [0.5, 0.6) is 0 Å². The molecule has 0 unspecified atom stereocenters. The highest BCUT2D eigenvalue weighted by atomic mass is 16.5. The van der Waals surface area contributed by atoms with E-state index in [0.29, 0.717) is 12.2 Å². The number of ether oxygens (including phenoxy) is 1. The molecule has 6 nitrogen and oxygen atoms in total. The lowest BCUT2D eigenvalue weighted by molar-refractivity contribution is -0.000672. The molecule has 2 aromatic carbocycles. The molecular formula is C25H27N3O3. The van der Waals surface area contributed by atoms with E-state index in [1.165, 1.54) is 10.6 Å². The Morgan fingerprint density at radius 2 is 1.71 bits per heavy atom. The van der Waals surface area contributed by atoms with E-state index in [2.05, 4.69) is 24.2 Å². The van der Waals surface area contributed by atoms with Gasteiger partial charge >= 0.3 is 0 Å². The molecule has 160 valence electrons. The molecule has 1 N–H and O–H groups in total. The Kier molecular flexibility index (Phi) is 6.02. The van der Waals surface area contributed by atoms with E-state index in [1.54, 1.807) is 0 Å². The first-order valence-corrected chi connectivity index (χ1v) is 10.4. The van der Waals surface area contributed by atoms with Gasteiger partial charge in [-0.3, -0.25) is 4.79 Å². The number of hydrogen-bond acceptors (Lipinski definition) is 4. The zero-order valence-corrected chi connectivity index (χ0v) is 18.0. The Bertz CT molecular complexity index is 1240. The Morgan fingerprint density at radius 1 is 1.00 bits per heavy atom. The molecule has 6 heteroatoms. The van der Waals surface area contributed by atoms with Crippen LogP contribution in [0.2, 0.25) is 0 Å². The van der Waals surface area contributed by atoms with Crippen molar-refractivity contribution in [3.8, 4) is 0 Å². The normalized spacial score (nSPS) is 13.4. The molecule has 0 aliphatic rings. The maximum Gasteiger partial charge on any atom is 0.274 e. The summed E-state index contributed by atoms with van der Waals surface area (Å²) in [4.78, 5) is 12.2. The molecule has 2 heterocycles. The van der Waals surface area contributed by atoms with Gasteiger partial charge in [0.05, 0.1) is 24.9 Å². The van der Waals surface area contributed by atoms with E-state index in [-0.39, 0.29) is 18.3 Å². The van der Waals surface area contributed by atoms with Crippen LogP contribution >= 0.6 is 0 Å². The molecule has 0 aliphatic carbocycles. The molecule has 0 radical (unpaired) electrons. The van der Waals surface area contributed by atoms with Gasteiger partial charge in [-0.05, 0) is 37.5 Å². The van der Waals surface area contributed by atoms with E-state index in [0.717, 1.165) is 28.1 Å². The third kappa shape index (κ3) is 4.45. The van der Waals surface area contributed by atoms with Crippen LogP contribution in [0.15, 0.2) is 71.5 Å². The van der Waals surface area contributed by atoms with Gasteiger partial charge in [0.15, 0.2) is 0 Å². The molecule has 0 amide bonds. The van der Waals surface area contributed by atoms with Crippen LogP contribution in [0.3, 0.4) is 0 Å². The van der Waals surface area contributed by atoms with Gasteiger partial charge in [-0.15, -0.1) is 0 Å². The van der Waals surface area contributed by atoms with E-state index < -0.39 is 6.10 Å². The predicted molar refractivity (Wildman–Crippen MR) is 120 cm³/mol. The van der Waals surface area contributed by atoms with E-state index >= 15 is 0 Å². The fourth-order valence-electron chi connectivity index (χ4n) is 3.92. The average molecular weight is 418 g/mol. The van der Waals surface area contributed by atoms with Gasteiger partial charge < -0.3 is 14.4 Å². The van der Waals surface area contributed by atoms with Gasteiger partial charge in [0, 0.05) is 17.8 Å². The Morgan fingerprint density at radius 3 is 2.45 bits per heavy atom. The molecule has 0 saturated carbocycles. The molecule has 0 spiro atoms. The lowest BCUT2D eigenvalue weighted by Crippen LogP contribution is -2.27. The highest BCUT2D eigenvalue weighted by Gasteiger charge is 2.19. The highest BCUT2D eigenvalue weighted by molar-refractivity contribution is 5.41. The maximum absolute atomic E-state index is 12.2. The third-order valence-electron chi connectivity index (χ3n) is 5.48. The smallest absolute Gasteiger partial charge is 0.274 e. The van der Waals surface area contributed by atoms with Gasteiger partial charge in [-0.25, -0.2) is 0 Å². The number of aryl methyl sites for hydroxylation is 3. The standard InChI is InChI=1S/C25H27N3O3/c1-17-9-7-8-12-22(17)25(20-10-5-4-6-11-20)31-16-21(29)15-27-19(3)14-24(30)28-23(27)13-18(2)26-28/h4-14,21,25,29H,15-16H2,1-3H3/t21-,25-/m1/s1. The van der Waals surface area contributed by atoms with Crippen molar-refractivity contribution in [2.75, 3.05) is 6.61 Å². The van der Waals surface area contributed by atoms with Crippen molar-refractivity contribution in [1.82, 2.24) is 14.2 Å². The average Bonchev–Trinajstić information content (AvgIpc) is 3.15. The summed E-state index contributed by atoms with van der Waals surface area (Å²) in [5.74, 6) is 0. The minimum absolute atomic E-state index is 0.152. The minimum Gasteiger partial charge on any atom is -0.389 e. The topological polar surface area (TPSA) is 68.8 Å². The van der Waals surface area contributed by atoms with E-state index in [4.69, 9.17) is 4.74 Å². The second kappa shape index (κ2) is 8.88. The molecule has 0 fully saturated rings. The highest BCUT2D eigenvalue weighted by Crippen LogP contribution is 2.28. The van der Waals surface area contributed by atoms with E-state index in [1.807, 2.05) is 66.9 Å². The van der Waals surface area contributed by atoms with Crippen molar-refractivity contribution < 1.29 is 9.84 Å². The summed E-state index contributed by atoms with van der Waals surface area (Å²) in [5, 5.41) is 15.1. The number of fused-ring (bicyclic) bond motifs is 1. The maximum atomic E-state index is 12.2. The fraction of sp³-hybridized carbons (Fsp3) is 0.280. The number of rotatable bonds is 7. The molecule has 4 aromatic rings. The monoisotopic (exact) mass is 417 g/mol. The summed E-state index contributed by atoms with van der Waals surface area (Å²) in [6.07, 6.45) is -1.03. The number of aliphatic hydroxyl groups excluding tert-OH is 1. The van der Waals surface area contributed by atoms with Gasteiger partial charge in [0.2, 0.25) is 0 Å². The Hall–Kier alpha value is -3.22. The summed E-state index contributed by atoms with van der Waals surface area (Å²) in [6.45, 7) is 6.22. The Balaban J connectivity index is 1.57. The fourth-order valence-corrected chi connectivity index (χ4v) is 3.92. The molecule has 4 rings (SSSR count). The van der Waals surface area contributed by atoms with E-state index in [9.17, 15) is 9.90 Å². The Labute approximate surface area is 181 Å². The first-order valence-electron chi connectivity index (χ1n) is 10.4. The van der Waals surface area contributed by atoms with Crippen molar-refractivity contribution >= 4 is 5.65 Å². The first-order chi connectivity index (χ1) is 14.9. The molecule has 0 aliphatic heterocycles. The number of benzene rings is 2. The van der Waals surface area contributed by atoms with Crippen LogP contribution in [0.1, 0.15) is 34.2 Å². The molecule has 2 atom stereocenters. The lowest BCUT2D eigenvalue weighted by Gasteiger charge is -2.23. The van der Waals surface area contributed by atoms with Gasteiger partial charge in [0.25, 0.3) is 5.56 Å². The predicted octanol–water partition coefficient (Wildman–Crippen LogP) is 3.59. The first kappa shape index (κ1) is 21.0. The number of nitrogens with zero attached hydrogens (tertiary/aromatic N) is 3. The zero-order valence-electron chi connectivity index (χ0n) is 18.0. The quantitative estimate of drug-likeness (QED) is 0.499. The number of aliphatic hydroxyl groups is 1. The second-order valence-electron chi connectivity index (χ2n) is 7.92. The second-order valence-corrected chi connectivity index (χ2v) is 7.92. The van der Waals surface area contributed by atoms with Crippen LogP contribution in [0, 0.1) is 20.8 Å². The SMILES string of the molecule is Cc1cc2n(C[C@@H](O)CO[C@H](c3ccccc3)c3ccccc3C)c(C)cc(=O)n2n1. The summed E-state index contributed by atoms with van der Waals surface area (Å²) >= 11 is 0. The van der Waals surface area contributed by atoms with Crippen molar-refractivity contribution in [2.24, 2.45) is 0 Å². The molecule has 0 bridgehead atoms. The van der Waals surface area contributed by atoms with Gasteiger partial charge in [-0.1, -0.05) is 54.6 Å². The van der Waals surface area contributed by atoms with Crippen LogP contribution in [0.4, 0.5) is 0 Å². The van der Waals surface area contributed by atoms with Crippen LogP contribution in [0.25, 0.3) is 5.65 Å². The molecule has 2 aromatic heterocycles. The van der Waals surface area contributed by atoms with Crippen LogP contribution < -0.4 is 5.56 Å². The molecular weight excluding hydrogens is 390 g/mol. The van der Waals surface area contributed by atoms with Gasteiger partial charge in [-0.2, -0.15) is 9.61 Å². The summed E-state index contributed by atoms with van der Waals surface area (Å²) < 4.78 is 9.54. The van der Waals surface area contributed by atoms with Gasteiger partial charge in [0.1, 0.15) is 11.8 Å². The van der Waals surface area contributed by atoms with Crippen molar-refractivity contribution in [3.63, 3.8) is 0 Å². The third-order valence-corrected chi connectivity index (χ3v) is 5.48. The zero-order chi connectivity index (χ0) is 22.0. The minimum atomic E-state index is -0.754. The van der Waals surface area contributed by atoms with Crippen LogP contribution in [-0.4, -0.2) is 32.0 Å². The van der Waals surface area contributed by atoms with Crippen molar-refractivity contribution in [3.05, 3.63) is 105 Å². The summed E-state index contributed by atoms with van der Waals surface area (Å²) in [7, 11) is 0. The molecule has 0 saturated heterocycles. The van der Waals surface area contributed by atoms with Crippen LogP contribution in [-0.2, 0) is 11.3 Å². The van der Waals surface area contributed by atoms with Crippen molar-refractivity contribution in [2.45, 2.75) is 39.5 Å². The largest absolute Gasteiger partial charge is 0.389 e. The summed E-state index contributed by atoms with van der Waals surface area (Å²) in [6, 6.07) is 21.5. The number of hydrogen-bond donors (Lipinski definition) is 1. The van der Waals surface area contributed by atoms with Crippen molar-refractivity contribution in [1.29, 1.82) is 0 Å². The summed E-state index contributed by atoms with van der Waals surface area (Å²) in [5.41, 5.74) is 5.28. The molecule has 31 heavy (non-hydrogen) atoms. The lowest BCUT2D eigenvalue weighted by atomic mass is 9.97. The number of aromatic nitrogens is 3.